The average molecular weight is 258 g/mol. The Morgan fingerprint density at radius 1 is 1.37 bits per heavy atom. The van der Waals surface area contributed by atoms with Crippen LogP contribution in [0.25, 0.3) is 0 Å². The molecule has 6 nitrogen and oxygen atoms in total. The summed E-state index contributed by atoms with van der Waals surface area (Å²) in [6, 6.07) is 9.06. The Labute approximate surface area is 111 Å². The van der Waals surface area contributed by atoms with Gasteiger partial charge in [-0.1, -0.05) is 12.1 Å². The largest absolute Gasteiger partial charge is 0.369 e. The molecule has 98 valence electrons. The van der Waals surface area contributed by atoms with Crippen molar-refractivity contribution in [2.75, 3.05) is 31.1 Å². The molecular weight excluding hydrogens is 244 g/mol. The van der Waals surface area contributed by atoms with Crippen LogP contribution in [0.5, 0.6) is 0 Å². The Bertz CT molecular complexity index is 550. The quantitative estimate of drug-likeness (QED) is 0.805. The smallest absolute Gasteiger partial charge is 0.241 e. The third-order valence-electron chi connectivity index (χ3n) is 2.99. The van der Waals surface area contributed by atoms with E-state index in [1.165, 1.54) is 0 Å². The van der Waals surface area contributed by atoms with Crippen molar-refractivity contribution < 1.29 is 9.59 Å². The molecule has 6 heteroatoms. The van der Waals surface area contributed by atoms with Gasteiger partial charge in [0, 0.05) is 13.1 Å². The summed E-state index contributed by atoms with van der Waals surface area (Å²) < 4.78 is 0. The Hall–Kier alpha value is -2.39. The van der Waals surface area contributed by atoms with E-state index in [0.29, 0.717) is 24.3 Å². The number of nitrogens with zero attached hydrogens (tertiary/aromatic N) is 3. The van der Waals surface area contributed by atoms with Gasteiger partial charge in [0.25, 0.3) is 0 Å². The third-order valence-corrected chi connectivity index (χ3v) is 2.99. The van der Waals surface area contributed by atoms with E-state index in [9.17, 15) is 9.59 Å². The van der Waals surface area contributed by atoms with Gasteiger partial charge in [0.05, 0.1) is 24.3 Å². The highest BCUT2D eigenvalue weighted by Crippen LogP contribution is 2.21. The van der Waals surface area contributed by atoms with E-state index in [1.807, 2.05) is 0 Å². The number of nitrogens with two attached hydrogens (primary N) is 1. The van der Waals surface area contributed by atoms with Crippen LogP contribution in [0, 0.1) is 11.3 Å². The number of amides is 2. The van der Waals surface area contributed by atoms with Gasteiger partial charge in [-0.2, -0.15) is 5.26 Å². The molecule has 1 aliphatic heterocycles. The highest BCUT2D eigenvalue weighted by molar-refractivity contribution is 5.97. The molecule has 1 fully saturated rings. The lowest BCUT2D eigenvalue weighted by Gasteiger charge is -2.33. The van der Waals surface area contributed by atoms with Crippen molar-refractivity contribution >= 4 is 17.5 Å². The van der Waals surface area contributed by atoms with Gasteiger partial charge >= 0.3 is 0 Å². The summed E-state index contributed by atoms with van der Waals surface area (Å²) in [5.41, 5.74) is 6.20. The predicted octanol–water partition coefficient (Wildman–Crippen LogP) is -0.308. The minimum Gasteiger partial charge on any atom is -0.369 e. The summed E-state index contributed by atoms with van der Waals surface area (Å²) in [6.07, 6.45) is 0. The normalized spacial score (nSPS) is 16.2. The van der Waals surface area contributed by atoms with E-state index in [0.717, 1.165) is 0 Å². The second-order valence-corrected chi connectivity index (χ2v) is 4.35. The van der Waals surface area contributed by atoms with Gasteiger partial charge in [0.2, 0.25) is 11.8 Å². The molecule has 1 aliphatic rings. The number of hydrogen-bond acceptors (Lipinski definition) is 4. The summed E-state index contributed by atoms with van der Waals surface area (Å²) in [5, 5.41) is 9.05. The second-order valence-electron chi connectivity index (χ2n) is 4.35. The Morgan fingerprint density at radius 2 is 2.11 bits per heavy atom. The molecule has 0 bridgehead atoms. The van der Waals surface area contributed by atoms with E-state index < -0.39 is 5.91 Å². The first kappa shape index (κ1) is 13.1. The number of carbonyl (C=O) groups is 2. The number of hydrogen-bond donors (Lipinski definition) is 1. The molecule has 1 saturated heterocycles. The predicted molar refractivity (Wildman–Crippen MR) is 69.1 cm³/mol. The fourth-order valence-electron chi connectivity index (χ4n) is 2.14. The van der Waals surface area contributed by atoms with Crippen molar-refractivity contribution in [3.8, 4) is 6.07 Å². The topological polar surface area (TPSA) is 90.4 Å². The molecule has 2 amide bonds. The Balaban J connectivity index is 2.14. The first-order valence-corrected chi connectivity index (χ1v) is 5.92. The molecule has 19 heavy (non-hydrogen) atoms. The number of rotatable bonds is 3. The number of piperazine rings is 1. The van der Waals surface area contributed by atoms with E-state index in [1.54, 1.807) is 34.1 Å². The average Bonchev–Trinajstić information content (AvgIpc) is 2.38. The zero-order valence-electron chi connectivity index (χ0n) is 10.4. The molecule has 0 unspecified atom stereocenters. The molecular formula is C13H14N4O2. The molecule has 0 saturated carbocycles. The molecule has 2 rings (SSSR count). The van der Waals surface area contributed by atoms with E-state index in [2.05, 4.69) is 6.07 Å². The van der Waals surface area contributed by atoms with Gasteiger partial charge in [-0.3, -0.25) is 14.5 Å². The fourth-order valence-corrected chi connectivity index (χ4v) is 2.14. The van der Waals surface area contributed by atoms with Gasteiger partial charge < -0.3 is 10.6 Å². The monoisotopic (exact) mass is 258 g/mol. The SMILES string of the molecule is N#Cc1ccccc1N1CCN(CC(N)=O)CC1=O. The van der Waals surface area contributed by atoms with Crippen LogP contribution in [-0.2, 0) is 9.59 Å². The Morgan fingerprint density at radius 3 is 2.74 bits per heavy atom. The number of primary amides is 1. The summed E-state index contributed by atoms with van der Waals surface area (Å²) in [4.78, 5) is 26.2. The third kappa shape index (κ3) is 2.89. The fraction of sp³-hybridized carbons (Fsp3) is 0.308. The van der Waals surface area contributed by atoms with Crippen molar-refractivity contribution in [2.45, 2.75) is 0 Å². The summed E-state index contributed by atoms with van der Waals surface area (Å²) in [7, 11) is 0. The lowest BCUT2D eigenvalue weighted by molar-refractivity contribution is -0.123. The van der Waals surface area contributed by atoms with Gasteiger partial charge in [-0.05, 0) is 12.1 Å². The molecule has 0 aliphatic carbocycles. The maximum Gasteiger partial charge on any atom is 0.241 e. The minimum absolute atomic E-state index is 0.0828. The van der Waals surface area contributed by atoms with E-state index in [4.69, 9.17) is 11.0 Å². The van der Waals surface area contributed by atoms with E-state index in [-0.39, 0.29) is 19.0 Å². The van der Waals surface area contributed by atoms with E-state index >= 15 is 0 Å². The van der Waals surface area contributed by atoms with Crippen LogP contribution in [0.3, 0.4) is 0 Å². The Kier molecular flexibility index (Phi) is 3.78. The van der Waals surface area contributed by atoms with Crippen LogP contribution < -0.4 is 10.6 Å². The highest BCUT2D eigenvalue weighted by Gasteiger charge is 2.26. The molecule has 0 spiro atoms. The van der Waals surface area contributed by atoms with Crippen molar-refractivity contribution in [1.29, 1.82) is 5.26 Å². The molecule has 1 aromatic rings. The summed E-state index contributed by atoms with van der Waals surface area (Å²) >= 11 is 0. The van der Waals surface area contributed by atoms with Crippen molar-refractivity contribution in [3.05, 3.63) is 29.8 Å². The first-order valence-electron chi connectivity index (χ1n) is 5.92. The van der Waals surface area contributed by atoms with Crippen LogP contribution in [-0.4, -0.2) is 42.9 Å². The van der Waals surface area contributed by atoms with Crippen molar-refractivity contribution in [3.63, 3.8) is 0 Å². The van der Waals surface area contributed by atoms with Crippen molar-refractivity contribution in [2.24, 2.45) is 5.73 Å². The zero-order valence-corrected chi connectivity index (χ0v) is 10.4. The minimum atomic E-state index is -0.446. The first-order chi connectivity index (χ1) is 9.11. The summed E-state index contributed by atoms with van der Waals surface area (Å²) in [6.45, 7) is 1.24. The van der Waals surface area contributed by atoms with Crippen LogP contribution in [0.15, 0.2) is 24.3 Å². The lowest BCUT2D eigenvalue weighted by atomic mass is 10.1. The molecule has 0 aromatic heterocycles. The molecule has 2 N–H and O–H groups in total. The van der Waals surface area contributed by atoms with Crippen LogP contribution >= 0.6 is 0 Å². The number of para-hydroxylation sites is 1. The highest BCUT2D eigenvalue weighted by atomic mass is 16.2. The van der Waals surface area contributed by atoms with Gasteiger partial charge in [0.1, 0.15) is 6.07 Å². The van der Waals surface area contributed by atoms with Crippen molar-refractivity contribution in [1.82, 2.24) is 4.90 Å². The number of benzene rings is 1. The van der Waals surface area contributed by atoms with Gasteiger partial charge in [0.15, 0.2) is 0 Å². The second kappa shape index (κ2) is 5.50. The molecule has 1 aromatic carbocycles. The molecule has 1 heterocycles. The maximum atomic E-state index is 12.1. The lowest BCUT2D eigenvalue weighted by Crippen LogP contribution is -2.52. The van der Waals surface area contributed by atoms with Crippen LogP contribution in [0.4, 0.5) is 5.69 Å². The summed E-state index contributed by atoms with van der Waals surface area (Å²) in [5.74, 6) is -0.575. The standard InChI is InChI=1S/C13H14N4O2/c14-7-10-3-1-2-4-11(10)17-6-5-16(8-12(15)18)9-13(17)19/h1-4H,5-6,8-9H2,(H2,15,18). The zero-order chi connectivity index (χ0) is 13.8. The number of carbonyl (C=O) groups excluding carboxylic acids is 2. The molecule has 0 atom stereocenters. The van der Waals surface area contributed by atoms with Crippen LogP contribution in [0.1, 0.15) is 5.56 Å². The van der Waals surface area contributed by atoms with Crippen LogP contribution in [0.2, 0.25) is 0 Å². The number of nitriles is 1. The van der Waals surface area contributed by atoms with Gasteiger partial charge in [-0.15, -0.1) is 0 Å². The molecule has 0 radical (unpaired) electrons. The van der Waals surface area contributed by atoms with Gasteiger partial charge in [-0.25, -0.2) is 0 Å². The number of anilines is 1. The maximum absolute atomic E-state index is 12.1.